The average molecular weight is 276 g/mol. The van der Waals surface area contributed by atoms with Crippen molar-refractivity contribution in [3.8, 4) is 0 Å². The number of hydrogen-bond acceptors (Lipinski definition) is 4. The van der Waals surface area contributed by atoms with E-state index in [2.05, 4.69) is 22.1 Å². The minimum absolute atomic E-state index is 0.0208. The van der Waals surface area contributed by atoms with Crippen LogP contribution >= 0.6 is 0 Å². The van der Waals surface area contributed by atoms with Gasteiger partial charge in [0, 0.05) is 31.5 Å². The molecule has 3 rings (SSSR count). The summed E-state index contributed by atoms with van der Waals surface area (Å²) in [5, 5.41) is 11.1. The smallest absolute Gasteiger partial charge is 0.317 e. The summed E-state index contributed by atoms with van der Waals surface area (Å²) in [6.45, 7) is 5.56. The Morgan fingerprint density at radius 2 is 1.85 bits per heavy atom. The van der Waals surface area contributed by atoms with Gasteiger partial charge in [-0.15, -0.1) is 16.8 Å². The van der Waals surface area contributed by atoms with Gasteiger partial charge in [0.05, 0.1) is 0 Å². The Kier molecular flexibility index (Phi) is 3.71. The molecule has 0 spiro atoms. The quantitative estimate of drug-likeness (QED) is 0.854. The zero-order valence-corrected chi connectivity index (χ0v) is 11.5. The van der Waals surface area contributed by atoms with Gasteiger partial charge in [0.15, 0.2) is 0 Å². The van der Waals surface area contributed by atoms with Gasteiger partial charge in [-0.2, -0.15) is 0 Å². The van der Waals surface area contributed by atoms with E-state index in [-0.39, 0.29) is 6.03 Å². The Morgan fingerprint density at radius 3 is 2.40 bits per heavy atom. The van der Waals surface area contributed by atoms with Crippen molar-refractivity contribution in [2.75, 3.05) is 19.6 Å². The van der Waals surface area contributed by atoms with E-state index in [1.54, 1.807) is 6.08 Å². The topological polar surface area (TPSA) is 71.3 Å². The lowest BCUT2D eigenvalue weighted by Crippen LogP contribution is -2.44. The molecule has 2 heterocycles. The van der Waals surface area contributed by atoms with Crippen LogP contribution in [0.4, 0.5) is 4.79 Å². The van der Waals surface area contributed by atoms with E-state index >= 15 is 0 Å². The maximum absolute atomic E-state index is 11.8. The van der Waals surface area contributed by atoms with Gasteiger partial charge in [0.2, 0.25) is 11.8 Å². The maximum Gasteiger partial charge on any atom is 0.317 e. The molecule has 1 aromatic heterocycles. The van der Waals surface area contributed by atoms with Crippen LogP contribution < -0.4 is 5.32 Å². The van der Waals surface area contributed by atoms with Crippen molar-refractivity contribution >= 4 is 6.03 Å². The minimum atomic E-state index is -0.0208. The van der Waals surface area contributed by atoms with Crippen molar-refractivity contribution in [3.63, 3.8) is 0 Å². The van der Waals surface area contributed by atoms with E-state index in [1.165, 1.54) is 12.8 Å². The van der Waals surface area contributed by atoms with Crippen LogP contribution in [0.15, 0.2) is 17.1 Å². The molecule has 2 amide bonds. The highest BCUT2D eigenvalue weighted by Crippen LogP contribution is 2.40. The van der Waals surface area contributed by atoms with Gasteiger partial charge in [-0.25, -0.2) is 4.79 Å². The fraction of sp³-hybridized carbons (Fsp3) is 0.643. The standard InChI is InChI=1S/C14H20N4O2/c1-2-7-15-14(19)18-8-5-11(6-9-18)13-17-16-12(20-13)10-3-4-10/h2,10-11H,1,3-9H2,(H,15,19). The van der Waals surface area contributed by atoms with Crippen molar-refractivity contribution in [2.45, 2.75) is 37.5 Å². The van der Waals surface area contributed by atoms with Crippen molar-refractivity contribution in [1.82, 2.24) is 20.4 Å². The highest BCUT2D eigenvalue weighted by atomic mass is 16.4. The number of likely N-dealkylation sites (tertiary alicyclic amines) is 1. The Hall–Kier alpha value is -1.85. The number of carbonyl (C=O) groups is 1. The Morgan fingerprint density at radius 1 is 1.25 bits per heavy atom. The van der Waals surface area contributed by atoms with Gasteiger partial charge in [0.1, 0.15) is 0 Å². The number of urea groups is 1. The molecule has 20 heavy (non-hydrogen) atoms. The Balaban J connectivity index is 1.52. The second kappa shape index (κ2) is 5.64. The number of nitrogens with one attached hydrogen (secondary N) is 1. The van der Waals surface area contributed by atoms with Gasteiger partial charge in [-0.05, 0) is 25.7 Å². The van der Waals surface area contributed by atoms with Gasteiger partial charge < -0.3 is 14.6 Å². The maximum atomic E-state index is 11.8. The predicted molar refractivity (Wildman–Crippen MR) is 73.4 cm³/mol. The number of hydrogen-bond donors (Lipinski definition) is 1. The second-order valence-corrected chi connectivity index (χ2v) is 5.49. The van der Waals surface area contributed by atoms with Crippen molar-refractivity contribution in [3.05, 3.63) is 24.4 Å². The van der Waals surface area contributed by atoms with E-state index in [0.29, 0.717) is 18.4 Å². The van der Waals surface area contributed by atoms with E-state index in [1.807, 2.05) is 4.90 Å². The predicted octanol–water partition coefficient (Wildman–Crippen LogP) is 2.02. The van der Waals surface area contributed by atoms with Crippen LogP contribution in [0.5, 0.6) is 0 Å². The number of amides is 2. The van der Waals surface area contributed by atoms with Crippen molar-refractivity contribution in [2.24, 2.45) is 0 Å². The first-order valence-corrected chi connectivity index (χ1v) is 7.25. The SMILES string of the molecule is C=CCNC(=O)N1CCC(c2nnc(C3CC3)o2)CC1. The second-order valence-electron chi connectivity index (χ2n) is 5.49. The summed E-state index contributed by atoms with van der Waals surface area (Å²) in [6.07, 6.45) is 5.79. The van der Waals surface area contributed by atoms with E-state index in [0.717, 1.165) is 37.7 Å². The molecule has 0 aromatic carbocycles. The molecule has 2 fully saturated rings. The highest BCUT2D eigenvalue weighted by molar-refractivity contribution is 5.74. The zero-order chi connectivity index (χ0) is 13.9. The summed E-state index contributed by atoms with van der Waals surface area (Å²) in [4.78, 5) is 13.6. The van der Waals surface area contributed by atoms with Gasteiger partial charge in [-0.1, -0.05) is 6.08 Å². The van der Waals surface area contributed by atoms with E-state index < -0.39 is 0 Å². The molecule has 6 nitrogen and oxygen atoms in total. The fourth-order valence-electron chi connectivity index (χ4n) is 2.51. The lowest BCUT2D eigenvalue weighted by molar-refractivity contribution is 0.178. The minimum Gasteiger partial charge on any atom is -0.425 e. The molecule has 0 radical (unpaired) electrons. The summed E-state index contributed by atoms with van der Waals surface area (Å²) >= 11 is 0. The first-order valence-electron chi connectivity index (χ1n) is 7.25. The number of nitrogens with zero attached hydrogens (tertiary/aromatic N) is 3. The van der Waals surface area contributed by atoms with Crippen molar-refractivity contribution in [1.29, 1.82) is 0 Å². The van der Waals surface area contributed by atoms with E-state index in [9.17, 15) is 4.79 Å². The summed E-state index contributed by atoms with van der Waals surface area (Å²) in [5.41, 5.74) is 0. The molecule has 108 valence electrons. The van der Waals surface area contributed by atoms with E-state index in [4.69, 9.17) is 4.42 Å². The van der Waals surface area contributed by atoms with Crippen molar-refractivity contribution < 1.29 is 9.21 Å². The number of piperidine rings is 1. The molecular weight excluding hydrogens is 256 g/mol. The number of aromatic nitrogens is 2. The molecule has 1 saturated carbocycles. The summed E-state index contributed by atoms with van der Waals surface area (Å²) in [7, 11) is 0. The summed E-state index contributed by atoms with van der Waals surface area (Å²) in [6, 6.07) is -0.0208. The van der Waals surface area contributed by atoms with Gasteiger partial charge >= 0.3 is 6.03 Å². The summed E-state index contributed by atoms with van der Waals surface area (Å²) < 4.78 is 5.75. The Labute approximate surface area is 118 Å². The first kappa shape index (κ1) is 13.1. The fourth-order valence-corrected chi connectivity index (χ4v) is 2.51. The van der Waals surface area contributed by atoms with Crippen LogP contribution in [-0.4, -0.2) is 40.8 Å². The summed E-state index contributed by atoms with van der Waals surface area (Å²) in [5.74, 6) is 2.34. The van der Waals surface area contributed by atoms with Crippen LogP contribution in [0.1, 0.15) is 49.3 Å². The third-order valence-electron chi connectivity index (χ3n) is 3.91. The molecule has 6 heteroatoms. The Bertz CT molecular complexity index is 487. The number of carbonyl (C=O) groups excluding carboxylic acids is 1. The highest BCUT2D eigenvalue weighted by Gasteiger charge is 2.32. The monoisotopic (exact) mass is 276 g/mol. The lowest BCUT2D eigenvalue weighted by atomic mass is 9.97. The third-order valence-corrected chi connectivity index (χ3v) is 3.91. The molecule has 1 aromatic rings. The molecule has 0 bridgehead atoms. The van der Waals surface area contributed by atoms with Gasteiger partial charge in [-0.3, -0.25) is 0 Å². The molecule has 0 atom stereocenters. The molecule has 2 aliphatic rings. The average Bonchev–Trinajstić information content (AvgIpc) is 3.22. The molecule has 1 saturated heterocycles. The largest absolute Gasteiger partial charge is 0.425 e. The van der Waals surface area contributed by atoms with Crippen LogP contribution in [-0.2, 0) is 0 Å². The lowest BCUT2D eigenvalue weighted by Gasteiger charge is -2.30. The van der Waals surface area contributed by atoms with Crippen LogP contribution in [0, 0.1) is 0 Å². The molecular formula is C14H20N4O2. The molecule has 1 aliphatic carbocycles. The first-order chi connectivity index (χ1) is 9.78. The van der Waals surface area contributed by atoms with Gasteiger partial charge in [0.25, 0.3) is 0 Å². The number of rotatable bonds is 4. The zero-order valence-electron chi connectivity index (χ0n) is 11.5. The van der Waals surface area contributed by atoms with Crippen LogP contribution in [0.25, 0.3) is 0 Å². The molecule has 1 N–H and O–H groups in total. The molecule has 0 unspecified atom stereocenters. The third kappa shape index (κ3) is 2.84. The van der Waals surface area contributed by atoms with Crippen LogP contribution in [0.3, 0.4) is 0 Å². The van der Waals surface area contributed by atoms with Crippen LogP contribution in [0.2, 0.25) is 0 Å². The normalized spacial score (nSPS) is 19.9. The molecule has 1 aliphatic heterocycles.